The Balaban J connectivity index is 2.59. The van der Waals surface area contributed by atoms with E-state index in [2.05, 4.69) is 10.1 Å². The van der Waals surface area contributed by atoms with Crippen molar-refractivity contribution in [2.24, 2.45) is 0 Å². The van der Waals surface area contributed by atoms with E-state index in [0.717, 1.165) is 0 Å². The molecule has 1 aromatic rings. The first-order valence-corrected chi connectivity index (χ1v) is 6.67. The number of carbonyl (C=O) groups excluding carboxylic acids is 3. The van der Waals surface area contributed by atoms with Crippen LogP contribution in [-0.2, 0) is 14.3 Å². The molecule has 0 aliphatic carbocycles. The summed E-state index contributed by atoms with van der Waals surface area (Å²) in [6.45, 7) is 1.86. The summed E-state index contributed by atoms with van der Waals surface area (Å²) in [5.41, 5.74) is 0.567. The SMILES string of the molecule is CCOC(=O)N[C@@H](CCC(=O)c1ccccc1)C(=O)OC. The topological polar surface area (TPSA) is 81.7 Å². The fourth-order valence-electron chi connectivity index (χ4n) is 1.75. The lowest BCUT2D eigenvalue weighted by Crippen LogP contribution is -2.42. The van der Waals surface area contributed by atoms with E-state index in [1.54, 1.807) is 31.2 Å². The zero-order valence-corrected chi connectivity index (χ0v) is 12.1. The molecule has 0 saturated carbocycles. The number of alkyl carbamates (subject to hydrolysis) is 1. The number of hydrogen-bond acceptors (Lipinski definition) is 5. The van der Waals surface area contributed by atoms with Crippen LogP contribution in [0.5, 0.6) is 0 Å². The van der Waals surface area contributed by atoms with Gasteiger partial charge < -0.3 is 14.8 Å². The summed E-state index contributed by atoms with van der Waals surface area (Å²) in [5, 5.41) is 2.39. The second-order valence-corrected chi connectivity index (χ2v) is 4.27. The Labute approximate surface area is 123 Å². The van der Waals surface area contributed by atoms with Gasteiger partial charge in [0.25, 0.3) is 0 Å². The van der Waals surface area contributed by atoms with Crippen molar-refractivity contribution in [2.75, 3.05) is 13.7 Å². The number of carbonyl (C=O) groups is 3. The van der Waals surface area contributed by atoms with E-state index in [1.165, 1.54) is 7.11 Å². The highest BCUT2D eigenvalue weighted by molar-refractivity contribution is 5.96. The van der Waals surface area contributed by atoms with Crippen molar-refractivity contribution in [1.29, 1.82) is 0 Å². The van der Waals surface area contributed by atoms with Crippen molar-refractivity contribution >= 4 is 17.8 Å². The zero-order chi connectivity index (χ0) is 15.7. The molecule has 0 radical (unpaired) electrons. The monoisotopic (exact) mass is 293 g/mol. The number of benzene rings is 1. The molecule has 0 saturated heterocycles. The first-order valence-electron chi connectivity index (χ1n) is 6.67. The van der Waals surface area contributed by atoms with Crippen molar-refractivity contribution in [1.82, 2.24) is 5.32 Å². The third-order valence-corrected chi connectivity index (χ3v) is 2.81. The predicted octanol–water partition coefficient (Wildman–Crippen LogP) is 1.94. The maximum Gasteiger partial charge on any atom is 0.407 e. The molecule has 6 nitrogen and oxygen atoms in total. The van der Waals surface area contributed by atoms with E-state index < -0.39 is 18.1 Å². The summed E-state index contributed by atoms with van der Waals surface area (Å²) < 4.78 is 9.32. The zero-order valence-electron chi connectivity index (χ0n) is 12.1. The molecule has 1 atom stereocenters. The fraction of sp³-hybridized carbons (Fsp3) is 0.400. The first kappa shape index (κ1) is 16.7. The van der Waals surface area contributed by atoms with Gasteiger partial charge in [-0.25, -0.2) is 9.59 Å². The van der Waals surface area contributed by atoms with Gasteiger partial charge in [0.2, 0.25) is 0 Å². The summed E-state index contributed by atoms with van der Waals surface area (Å²) in [6, 6.07) is 7.85. The number of ketones is 1. The van der Waals surface area contributed by atoms with E-state index in [9.17, 15) is 14.4 Å². The molecular formula is C15H19NO5. The van der Waals surface area contributed by atoms with Crippen LogP contribution in [0, 0.1) is 0 Å². The van der Waals surface area contributed by atoms with Gasteiger partial charge in [-0.1, -0.05) is 30.3 Å². The number of esters is 1. The van der Waals surface area contributed by atoms with Gasteiger partial charge in [0.05, 0.1) is 13.7 Å². The smallest absolute Gasteiger partial charge is 0.407 e. The highest BCUT2D eigenvalue weighted by Gasteiger charge is 2.23. The predicted molar refractivity (Wildman–Crippen MR) is 76.0 cm³/mol. The van der Waals surface area contributed by atoms with Crippen LogP contribution in [-0.4, -0.2) is 37.6 Å². The summed E-state index contributed by atoms with van der Waals surface area (Å²) >= 11 is 0. The van der Waals surface area contributed by atoms with Crippen LogP contribution in [0.1, 0.15) is 30.1 Å². The number of methoxy groups -OCH3 is 1. The number of rotatable bonds is 7. The molecule has 0 heterocycles. The molecule has 0 aliphatic heterocycles. The minimum atomic E-state index is -0.901. The largest absolute Gasteiger partial charge is 0.467 e. The molecule has 6 heteroatoms. The number of amides is 1. The highest BCUT2D eigenvalue weighted by Crippen LogP contribution is 2.08. The van der Waals surface area contributed by atoms with Gasteiger partial charge in [-0.05, 0) is 13.3 Å². The molecule has 0 aliphatic rings. The Morgan fingerprint density at radius 2 is 1.86 bits per heavy atom. The van der Waals surface area contributed by atoms with Gasteiger partial charge in [0.15, 0.2) is 5.78 Å². The summed E-state index contributed by atoms with van der Waals surface area (Å²) in [5.74, 6) is -0.709. The standard InChI is InChI=1S/C15H19NO5/c1-3-21-15(19)16-12(14(18)20-2)9-10-13(17)11-7-5-4-6-8-11/h4-8,12H,3,9-10H2,1-2H3,(H,16,19)/t12-/m0/s1. The van der Waals surface area contributed by atoms with Gasteiger partial charge in [-0.3, -0.25) is 4.79 Å². The Bertz CT molecular complexity index is 486. The Hall–Kier alpha value is -2.37. The maximum atomic E-state index is 12.0. The lowest BCUT2D eigenvalue weighted by atomic mass is 10.0. The van der Waals surface area contributed by atoms with E-state index in [0.29, 0.717) is 5.56 Å². The van der Waals surface area contributed by atoms with E-state index >= 15 is 0 Å². The van der Waals surface area contributed by atoms with Gasteiger partial charge in [0.1, 0.15) is 6.04 Å². The Morgan fingerprint density at radius 1 is 1.19 bits per heavy atom. The third kappa shape index (κ3) is 5.64. The van der Waals surface area contributed by atoms with Crippen LogP contribution in [0.25, 0.3) is 0 Å². The van der Waals surface area contributed by atoms with Crippen LogP contribution >= 0.6 is 0 Å². The molecule has 0 unspecified atom stereocenters. The second-order valence-electron chi connectivity index (χ2n) is 4.27. The maximum absolute atomic E-state index is 12.0. The van der Waals surface area contributed by atoms with Gasteiger partial charge in [-0.15, -0.1) is 0 Å². The molecule has 21 heavy (non-hydrogen) atoms. The summed E-state index contributed by atoms with van der Waals surface area (Å²) in [4.78, 5) is 34.9. The molecule has 0 spiro atoms. The van der Waals surface area contributed by atoms with Crippen LogP contribution in [0.15, 0.2) is 30.3 Å². The fourth-order valence-corrected chi connectivity index (χ4v) is 1.75. The minimum Gasteiger partial charge on any atom is -0.467 e. The second kappa shape index (κ2) is 8.73. The highest BCUT2D eigenvalue weighted by atomic mass is 16.6. The Kier molecular flexibility index (Phi) is 6.94. The molecule has 0 aromatic heterocycles. The van der Waals surface area contributed by atoms with Crippen molar-refractivity contribution < 1.29 is 23.9 Å². The number of nitrogens with one attached hydrogen (secondary N) is 1. The molecule has 1 amide bonds. The lowest BCUT2D eigenvalue weighted by molar-refractivity contribution is -0.143. The van der Waals surface area contributed by atoms with Crippen LogP contribution < -0.4 is 5.32 Å². The van der Waals surface area contributed by atoms with Crippen LogP contribution in [0.3, 0.4) is 0 Å². The van der Waals surface area contributed by atoms with E-state index in [1.807, 2.05) is 6.07 Å². The molecule has 0 fully saturated rings. The van der Waals surface area contributed by atoms with E-state index in [4.69, 9.17) is 4.74 Å². The van der Waals surface area contributed by atoms with Crippen molar-refractivity contribution in [3.8, 4) is 0 Å². The Morgan fingerprint density at radius 3 is 2.43 bits per heavy atom. The van der Waals surface area contributed by atoms with Gasteiger partial charge in [-0.2, -0.15) is 0 Å². The molecule has 1 N–H and O–H groups in total. The minimum absolute atomic E-state index is 0.102. The summed E-state index contributed by atoms with van der Waals surface area (Å²) in [6.07, 6.45) is -0.435. The average Bonchev–Trinajstić information content (AvgIpc) is 2.51. The number of Topliss-reactive ketones (excluding diaryl/α,β-unsaturated/α-hetero) is 1. The molecule has 1 rings (SSSR count). The molecule has 0 bridgehead atoms. The summed E-state index contributed by atoms with van der Waals surface area (Å²) in [7, 11) is 1.22. The third-order valence-electron chi connectivity index (χ3n) is 2.81. The average molecular weight is 293 g/mol. The van der Waals surface area contributed by atoms with Crippen molar-refractivity contribution in [2.45, 2.75) is 25.8 Å². The van der Waals surface area contributed by atoms with Crippen LogP contribution in [0.2, 0.25) is 0 Å². The van der Waals surface area contributed by atoms with Crippen molar-refractivity contribution in [3.63, 3.8) is 0 Å². The quantitative estimate of drug-likeness (QED) is 0.613. The van der Waals surface area contributed by atoms with Gasteiger partial charge >= 0.3 is 12.1 Å². The van der Waals surface area contributed by atoms with Crippen molar-refractivity contribution in [3.05, 3.63) is 35.9 Å². The lowest BCUT2D eigenvalue weighted by Gasteiger charge is -2.15. The molecule has 114 valence electrons. The first-order chi connectivity index (χ1) is 10.1. The molecule has 1 aromatic carbocycles. The van der Waals surface area contributed by atoms with Gasteiger partial charge in [0, 0.05) is 12.0 Å². The number of hydrogen-bond donors (Lipinski definition) is 1. The molecular weight excluding hydrogens is 274 g/mol. The number of ether oxygens (including phenoxy) is 2. The van der Waals surface area contributed by atoms with E-state index in [-0.39, 0.29) is 25.2 Å². The van der Waals surface area contributed by atoms with Crippen LogP contribution in [0.4, 0.5) is 4.79 Å². The normalized spacial score (nSPS) is 11.3.